The Morgan fingerprint density at radius 2 is 1.10 bits per heavy atom. The molecule has 0 spiro atoms. The summed E-state index contributed by atoms with van der Waals surface area (Å²) in [6.45, 7) is 1.44. The Morgan fingerprint density at radius 3 is 1.61 bits per heavy atom. The summed E-state index contributed by atoms with van der Waals surface area (Å²) < 4.78 is 36.7. The minimum absolute atomic E-state index is 0.456. The number of ether oxygens (including phenoxy) is 4. The third-order valence-corrected chi connectivity index (χ3v) is 7.29. The Hall–Kier alpha value is -3.45. The molecule has 9 heteroatoms. The number of pyridine rings is 2. The summed E-state index contributed by atoms with van der Waals surface area (Å²) in [6.07, 6.45) is 3.11. The largest absolute Gasteiger partial charge is 0.497 e. The zero-order valence-corrected chi connectivity index (χ0v) is 26.5. The molecule has 0 saturated heterocycles. The summed E-state index contributed by atoms with van der Waals surface area (Å²) in [5, 5.41) is 0. The monoisotopic (exact) mass is 776 g/mol. The van der Waals surface area contributed by atoms with Crippen molar-refractivity contribution in [1.82, 2.24) is 9.97 Å². The Bertz CT molecular complexity index is 1510. The highest BCUT2D eigenvalue weighted by Gasteiger charge is 2.07. The Kier molecular flexibility index (Phi) is 12.0. The molecule has 2 aromatic heterocycles. The second-order valence-electron chi connectivity index (χ2n) is 8.58. The first-order chi connectivity index (χ1) is 20.0. The molecule has 0 N–H and O–H groups in total. The van der Waals surface area contributed by atoms with Crippen LogP contribution in [0.3, 0.4) is 0 Å². The summed E-state index contributed by atoms with van der Waals surface area (Å²) in [4.78, 5) is 7.88. The fourth-order valence-corrected chi connectivity index (χ4v) is 4.55. The molecule has 0 aliphatic rings. The molecule has 0 saturated carbocycles. The second kappa shape index (κ2) is 16.1. The molecule has 6 nitrogen and oxygen atoms in total. The van der Waals surface area contributed by atoms with Gasteiger partial charge < -0.3 is 18.9 Å². The van der Waals surface area contributed by atoms with E-state index >= 15 is 0 Å². The maximum Gasteiger partial charge on any atom is 0.214 e. The summed E-state index contributed by atoms with van der Waals surface area (Å²) in [6, 6.07) is 30.9. The number of hydrogen-bond acceptors (Lipinski definition) is 6. The van der Waals surface area contributed by atoms with E-state index in [9.17, 15) is 4.39 Å². The maximum atomic E-state index is 12.7. The minimum atomic E-state index is -0.489. The number of halogens is 3. The highest BCUT2D eigenvalue weighted by molar-refractivity contribution is 14.1. The van der Waals surface area contributed by atoms with E-state index in [4.69, 9.17) is 18.9 Å². The number of methoxy groups -OCH3 is 1. The van der Waals surface area contributed by atoms with Gasteiger partial charge in [0.05, 0.1) is 26.6 Å². The molecule has 0 amide bonds. The summed E-state index contributed by atoms with van der Waals surface area (Å²) in [7, 11) is 1.65. The van der Waals surface area contributed by atoms with Gasteiger partial charge in [-0.25, -0.2) is 9.97 Å². The molecule has 0 atom stereocenters. The van der Waals surface area contributed by atoms with Gasteiger partial charge >= 0.3 is 0 Å². The lowest BCUT2D eigenvalue weighted by molar-refractivity contribution is 0.284. The van der Waals surface area contributed by atoms with Crippen LogP contribution in [0.5, 0.6) is 23.1 Å². The zero-order chi connectivity index (χ0) is 28.9. The van der Waals surface area contributed by atoms with Crippen LogP contribution < -0.4 is 18.9 Å². The molecule has 0 aliphatic carbocycles. The van der Waals surface area contributed by atoms with Crippen LogP contribution in [0, 0.1) is 13.1 Å². The van der Waals surface area contributed by atoms with Crippen molar-refractivity contribution in [2.45, 2.75) is 19.8 Å². The summed E-state index contributed by atoms with van der Waals surface area (Å²) >= 11 is 4.25. The van der Waals surface area contributed by atoms with Crippen molar-refractivity contribution in [3.63, 3.8) is 0 Å². The van der Waals surface area contributed by atoms with E-state index in [1.165, 1.54) is 12.3 Å². The second-order valence-corrected chi connectivity index (χ2v) is 10.9. The van der Waals surface area contributed by atoms with E-state index in [2.05, 4.69) is 32.6 Å². The van der Waals surface area contributed by atoms with Crippen LogP contribution in [-0.4, -0.2) is 17.1 Å². The van der Waals surface area contributed by atoms with Gasteiger partial charge in [0, 0.05) is 12.1 Å². The molecule has 3 aromatic carbocycles. The Balaban J connectivity index is 0.000000208. The van der Waals surface area contributed by atoms with Crippen LogP contribution in [-0.2, 0) is 19.8 Å². The van der Waals surface area contributed by atoms with Crippen molar-refractivity contribution in [2.75, 3.05) is 7.11 Å². The van der Waals surface area contributed by atoms with Crippen molar-refractivity contribution < 1.29 is 23.3 Å². The predicted molar refractivity (Wildman–Crippen MR) is 173 cm³/mol. The molecule has 0 unspecified atom stereocenters. The average molecular weight is 776 g/mol. The standard InChI is InChI=1S/C20H18INO3.C12H9FINO/c1-23-17-9-7-16(8-10-17)14-25-20-11-18(21)19(12-22-20)24-13-15-5-3-2-4-6-15;13-12-6-10(14)11(7-15-12)16-8-9-4-2-1-3-5-9/h2-12H,13-14H2,1H3;1-7H,8H2. The molecule has 5 rings (SSSR count). The van der Waals surface area contributed by atoms with Gasteiger partial charge in [0.15, 0.2) is 11.5 Å². The molecule has 41 heavy (non-hydrogen) atoms. The number of aromatic nitrogens is 2. The van der Waals surface area contributed by atoms with Crippen LogP contribution in [0.4, 0.5) is 4.39 Å². The number of hydrogen-bond donors (Lipinski definition) is 0. The van der Waals surface area contributed by atoms with E-state index in [0.717, 1.165) is 35.3 Å². The van der Waals surface area contributed by atoms with Gasteiger partial charge in [0.1, 0.15) is 25.6 Å². The van der Waals surface area contributed by atoms with Gasteiger partial charge in [-0.3, -0.25) is 0 Å². The van der Waals surface area contributed by atoms with Gasteiger partial charge in [-0.1, -0.05) is 72.8 Å². The van der Waals surface area contributed by atoms with Gasteiger partial charge in [-0.2, -0.15) is 4.39 Å². The molecular weight excluding hydrogens is 749 g/mol. The molecule has 0 radical (unpaired) electrons. The van der Waals surface area contributed by atoms with Crippen LogP contribution in [0.15, 0.2) is 109 Å². The summed E-state index contributed by atoms with van der Waals surface area (Å²) in [5.74, 6) is 2.27. The van der Waals surface area contributed by atoms with Gasteiger partial charge in [-0.05, 0) is 74.0 Å². The number of rotatable bonds is 10. The van der Waals surface area contributed by atoms with Crippen molar-refractivity contribution in [2.24, 2.45) is 0 Å². The SMILES string of the molecule is COc1ccc(COc2cc(I)c(OCc3ccccc3)cn2)cc1.Fc1cc(I)c(OCc2ccccc2)cn1. The van der Waals surface area contributed by atoms with E-state index in [1.807, 2.05) is 114 Å². The molecule has 2 heterocycles. The quantitative estimate of drug-likeness (QED) is 0.105. The maximum absolute atomic E-state index is 12.7. The molecule has 0 fully saturated rings. The van der Waals surface area contributed by atoms with Crippen LogP contribution in [0.2, 0.25) is 0 Å². The molecule has 0 aliphatic heterocycles. The first kappa shape index (κ1) is 30.5. The number of benzene rings is 3. The molecule has 210 valence electrons. The van der Waals surface area contributed by atoms with Crippen LogP contribution in [0.1, 0.15) is 16.7 Å². The predicted octanol–water partition coefficient (Wildman–Crippen LogP) is 8.26. The lowest BCUT2D eigenvalue weighted by Gasteiger charge is -2.10. The molecule has 0 bridgehead atoms. The highest BCUT2D eigenvalue weighted by Crippen LogP contribution is 2.25. The first-order valence-electron chi connectivity index (χ1n) is 12.6. The number of nitrogens with zero attached hydrogens (tertiary/aromatic N) is 2. The third kappa shape index (κ3) is 10.2. The summed E-state index contributed by atoms with van der Waals surface area (Å²) in [5.41, 5.74) is 3.25. The van der Waals surface area contributed by atoms with E-state index < -0.39 is 5.95 Å². The van der Waals surface area contributed by atoms with Gasteiger partial charge in [-0.15, -0.1) is 0 Å². The zero-order valence-electron chi connectivity index (χ0n) is 22.2. The van der Waals surface area contributed by atoms with Gasteiger partial charge in [0.2, 0.25) is 11.8 Å². The lowest BCUT2D eigenvalue weighted by Crippen LogP contribution is -2.00. The fraction of sp³-hybridized carbons (Fsp3) is 0.125. The fourth-order valence-electron chi connectivity index (χ4n) is 3.44. The van der Waals surface area contributed by atoms with Crippen molar-refractivity contribution in [3.05, 3.63) is 139 Å². The van der Waals surface area contributed by atoms with E-state index in [0.29, 0.717) is 31.5 Å². The average Bonchev–Trinajstić information content (AvgIpc) is 3.01. The van der Waals surface area contributed by atoms with Crippen molar-refractivity contribution in [1.29, 1.82) is 0 Å². The highest BCUT2D eigenvalue weighted by atomic mass is 127. The molecular formula is C32H27FI2N2O4. The minimum Gasteiger partial charge on any atom is -0.497 e. The van der Waals surface area contributed by atoms with Crippen LogP contribution >= 0.6 is 45.2 Å². The van der Waals surface area contributed by atoms with E-state index in [1.54, 1.807) is 13.3 Å². The Labute approximate surface area is 266 Å². The topological polar surface area (TPSA) is 62.7 Å². The normalized spacial score (nSPS) is 10.2. The van der Waals surface area contributed by atoms with Crippen LogP contribution in [0.25, 0.3) is 0 Å². The Morgan fingerprint density at radius 1 is 0.610 bits per heavy atom. The van der Waals surface area contributed by atoms with Crippen molar-refractivity contribution in [3.8, 4) is 23.1 Å². The van der Waals surface area contributed by atoms with E-state index in [-0.39, 0.29) is 0 Å². The molecule has 5 aromatic rings. The van der Waals surface area contributed by atoms with Gasteiger partial charge in [0.25, 0.3) is 0 Å². The lowest BCUT2D eigenvalue weighted by atomic mass is 10.2. The van der Waals surface area contributed by atoms with Crippen molar-refractivity contribution >= 4 is 45.2 Å². The smallest absolute Gasteiger partial charge is 0.214 e. The first-order valence-corrected chi connectivity index (χ1v) is 14.7. The third-order valence-electron chi connectivity index (χ3n) is 5.60.